The Bertz CT molecular complexity index is 1870. The van der Waals surface area contributed by atoms with Gasteiger partial charge < -0.3 is 14.9 Å². The lowest BCUT2D eigenvalue weighted by molar-refractivity contribution is 0.235. The number of rotatable bonds is 11. The van der Waals surface area contributed by atoms with Gasteiger partial charge in [0.15, 0.2) is 0 Å². The maximum Gasteiger partial charge on any atom is 0.227 e. The van der Waals surface area contributed by atoms with Crippen LogP contribution in [0.1, 0.15) is 11.9 Å². The van der Waals surface area contributed by atoms with Gasteiger partial charge in [-0.3, -0.25) is 4.90 Å². The molecule has 47 heavy (non-hydrogen) atoms. The highest BCUT2D eigenvalue weighted by atomic mass is 32.2. The van der Waals surface area contributed by atoms with Crippen LogP contribution in [-0.4, -0.2) is 59.3 Å². The van der Waals surface area contributed by atoms with Gasteiger partial charge in [-0.25, -0.2) is 32.5 Å². The lowest BCUT2D eigenvalue weighted by Gasteiger charge is -2.35. The Labute approximate surface area is 278 Å². The van der Waals surface area contributed by atoms with Crippen LogP contribution in [0.4, 0.5) is 40.6 Å². The third-order valence-corrected chi connectivity index (χ3v) is 9.70. The lowest BCUT2D eigenvalue weighted by Crippen LogP contribution is -2.47. The minimum Gasteiger partial charge on any atom is -0.367 e. The summed E-state index contributed by atoms with van der Waals surface area (Å²) in [6.45, 7) is 8.57. The monoisotopic (exact) mass is 677 g/mol. The summed E-state index contributed by atoms with van der Waals surface area (Å²) in [4.78, 5) is 18.6. The van der Waals surface area contributed by atoms with Gasteiger partial charge in [0.25, 0.3) is 0 Å². The molecule has 0 aliphatic carbocycles. The number of nitrogens with one attached hydrogen (secondary N) is 2. The van der Waals surface area contributed by atoms with Crippen molar-refractivity contribution in [2.75, 3.05) is 54.3 Å². The molecule has 1 aliphatic rings. The van der Waals surface area contributed by atoms with E-state index < -0.39 is 11.6 Å². The standard InChI is InChI=1S/C34H31F4N7S2/c1-21(2)33-42-30(22-5-3-6-24(19-22)43-47-31-25(36)7-4-8-26(31)37)32(46-33)28-11-13-39-34(41-28)40-23-9-10-29(27(38)20-23)45-17-15-44(14-12-35)16-18-45/h3-11,13,19-20,43H,1,12,14-18H2,2H3,(H,39,40,41). The Morgan fingerprint density at radius 3 is 2.40 bits per heavy atom. The molecule has 13 heteroatoms. The fraction of sp³-hybridized carbons (Fsp3) is 0.206. The molecule has 7 nitrogen and oxygen atoms in total. The predicted octanol–water partition coefficient (Wildman–Crippen LogP) is 8.67. The quantitative estimate of drug-likeness (QED) is 0.106. The highest BCUT2D eigenvalue weighted by molar-refractivity contribution is 8.00. The number of hydrogen-bond donors (Lipinski definition) is 2. The Hall–Kier alpha value is -4.46. The second-order valence-corrected chi connectivity index (χ2v) is 12.7. The second-order valence-electron chi connectivity index (χ2n) is 10.9. The number of aromatic nitrogens is 3. The molecule has 1 fully saturated rings. The van der Waals surface area contributed by atoms with E-state index in [0.29, 0.717) is 61.2 Å². The van der Waals surface area contributed by atoms with E-state index in [1.165, 1.54) is 35.6 Å². The average Bonchev–Trinajstić information content (AvgIpc) is 3.52. The van der Waals surface area contributed by atoms with E-state index in [1.54, 1.807) is 30.5 Å². The average molecular weight is 678 g/mol. The van der Waals surface area contributed by atoms with Crippen LogP contribution in [0.3, 0.4) is 0 Å². The highest BCUT2D eigenvalue weighted by Crippen LogP contribution is 2.39. The molecule has 0 atom stereocenters. The van der Waals surface area contributed by atoms with Crippen LogP contribution in [0.15, 0.2) is 84.4 Å². The van der Waals surface area contributed by atoms with Crippen LogP contribution in [0, 0.1) is 17.5 Å². The molecule has 3 aromatic carbocycles. The number of anilines is 4. The zero-order valence-electron chi connectivity index (χ0n) is 25.4. The number of halogens is 4. The van der Waals surface area contributed by atoms with Crippen LogP contribution in [0.25, 0.3) is 27.4 Å². The van der Waals surface area contributed by atoms with Crippen molar-refractivity contribution in [2.45, 2.75) is 11.8 Å². The van der Waals surface area contributed by atoms with Gasteiger partial charge in [0, 0.05) is 55.9 Å². The van der Waals surface area contributed by atoms with Crippen molar-refractivity contribution < 1.29 is 17.6 Å². The molecule has 0 saturated carbocycles. The molecule has 0 spiro atoms. The first-order chi connectivity index (χ1) is 22.8. The minimum atomic E-state index is -0.650. The van der Waals surface area contributed by atoms with Gasteiger partial charge in [-0.1, -0.05) is 24.8 Å². The highest BCUT2D eigenvalue weighted by Gasteiger charge is 2.21. The Balaban J connectivity index is 1.22. The first-order valence-corrected chi connectivity index (χ1v) is 16.5. The van der Waals surface area contributed by atoms with Gasteiger partial charge in [-0.15, -0.1) is 11.3 Å². The Kier molecular flexibility index (Phi) is 10.0. The predicted molar refractivity (Wildman–Crippen MR) is 183 cm³/mol. The van der Waals surface area contributed by atoms with Gasteiger partial charge >= 0.3 is 0 Å². The Morgan fingerprint density at radius 2 is 1.68 bits per heavy atom. The topological polar surface area (TPSA) is 69.2 Å². The van der Waals surface area contributed by atoms with Gasteiger partial charge in [0.05, 0.1) is 26.8 Å². The first kappa shape index (κ1) is 32.5. The smallest absolute Gasteiger partial charge is 0.227 e. The number of alkyl halides is 1. The molecule has 0 radical (unpaired) electrons. The normalized spacial score (nSPS) is 13.5. The van der Waals surface area contributed by atoms with Crippen LogP contribution < -0.4 is 14.9 Å². The maximum atomic E-state index is 15.2. The molecule has 6 rings (SSSR count). The van der Waals surface area contributed by atoms with Gasteiger partial charge in [0.2, 0.25) is 5.95 Å². The molecule has 0 unspecified atom stereocenters. The number of piperazine rings is 1. The van der Waals surface area contributed by atoms with Crippen molar-refractivity contribution in [2.24, 2.45) is 0 Å². The number of nitrogens with zero attached hydrogens (tertiary/aromatic N) is 5. The molecule has 3 heterocycles. The molecule has 1 aliphatic heterocycles. The number of thiazole rings is 1. The first-order valence-electron chi connectivity index (χ1n) is 14.9. The number of benzene rings is 3. The van der Waals surface area contributed by atoms with Crippen molar-refractivity contribution in [3.8, 4) is 21.8 Å². The summed E-state index contributed by atoms with van der Waals surface area (Å²) in [5, 5.41) is 3.84. The van der Waals surface area contributed by atoms with Gasteiger partial charge in [-0.05, 0) is 73.0 Å². The zero-order valence-corrected chi connectivity index (χ0v) is 27.1. The molecule has 2 N–H and O–H groups in total. The number of allylic oxidation sites excluding steroid dienone is 1. The summed E-state index contributed by atoms with van der Waals surface area (Å²) < 4.78 is 59.3. The minimum absolute atomic E-state index is 0.125. The number of hydrogen-bond acceptors (Lipinski definition) is 9. The summed E-state index contributed by atoms with van der Waals surface area (Å²) in [6.07, 6.45) is 1.62. The fourth-order valence-electron chi connectivity index (χ4n) is 5.14. The summed E-state index contributed by atoms with van der Waals surface area (Å²) >= 11 is 2.28. The maximum absolute atomic E-state index is 15.2. The lowest BCUT2D eigenvalue weighted by atomic mass is 10.1. The van der Waals surface area contributed by atoms with Crippen molar-refractivity contribution in [3.05, 3.63) is 102 Å². The molecule has 1 saturated heterocycles. The van der Waals surface area contributed by atoms with Gasteiger partial charge in [0.1, 0.15) is 29.1 Å². The molecule has 0 bridgehead atoms. The van der Waals surface area contributed by atoms with E-state index >= 15 is 4.39 Å². The summed E-state index contributed by atoms with van der Waals surface area (Å²) in [7, 11) is 0. The zero-order chi connectivity index (χ0) is 32.9. The summed E-state index contributed by atoms with van der Waals surface area (Å²) in [5.74, 6) is -1.39. The van der Waals surface area contributed by atoms with Crippen molar-refractivity contribution in [1.29, 1.82) is 0 Å². The van der Waals surface area contributed by atoms with Crippen molar-refractivity contribution >= 4 is 51.9 Å². The summed E-state index contributed by atoms with van der Waals surface area (Å²) in [5.41, 5.74) is 4.43. The molecule has 0 amide bonds. The fourth-order valence-corrected chi connectivity index (χ4v) is 6.80. The van der Waals surface area contributed by atoms with E-state index in [-0.39, 0.29) is 23.3 Å². The van der Waals surface area contributed by atoms with E-state index in [0.717, 1.165) is 33.0 Å². The molecular formula is C34H31F4N7S2. The van der Waals surface area contributed by atoms with Crippen LogP contribution in [0.5, 0.6) is 0 Å². The molecular weight excluding hydrogens is 647 g/mol. The van der Waals surface area contributed by atoms with E-state index in [9.17, 15) is 13.2 Å². The third-order valence-electron chi connectivity index (χ3n) is 7.52. The largest absolute Gasteiger partial charge is 0.367 e. The van der Waals surface area contributed by atoms with Gasteiger partial charge in [-0.2, -0.15) is 0 Å². The van der Waals surface area contributed by atoms with Crippen LogP contribution in [0.2, 0.25) is 0 Å². The van der Waals surface area contributed by atoms with Crippen LogP contribution >= 0.6 is 23.3 Å². The summed E-state index contributed by atoms with van der Waals surface area (Å²) in [6, 6.07) is 17.8. The van der Waals surface area contributed by atoms with Crippen LogP contribution in [-0.2, 0) is 0 Å². The third kappa shape index (κ3) is 7.58. The molecule has 2 aromatic heterocycles. The van der Waals surface area contributed by atoms with E-state index in [1.807, 2.05) is 34.9 Å². The molecule has 5 aromatic rings. The van der Waals surface area contributed by atoms with Crippen molar-refractivity contribution in [1.82, 2.24) is 19.9 Å². The molecule has 242 valence electrons. The SMILES string of the molecule is C=C(C)c1nc(-c2cccc(NSc3c(F)cccc3F)c2)c(-c2ccnc(Nc3ccc(N4CCN(CCF)CC4)c(F)c3)n2)s1. The van der Waals surface area contributed by atoms with E-state index in [4.69, 9.17) is 9.97 Å². The Morgan fingerprint density at radius 1 is 0.915 bits per heavy atom. The second kappa shape index (κ2) is 14.5. The van der Waals surface area contributed by atoms with Crippen molar-refractivity contribution in [3.63, 3.8) is 0 Å². The van der Waals surface area contributed by atoms with E-state index in [2.05, 4.69) is 21.6 Å².